The summed E-state index contributed by atoms with van der Waals surface area (Å²) in [4.78, 5) is 27.6. The molecule has 0 spiro atoms. The Morgan fingerprint density at radius 1 is 1.23 bits per heavy atom. The number of hydrogen-bond acceptors (Lipinski definition) is 6. The molecule has 4 rings (SSSR count). The quantitative estimate of drug-likeness (QED) is 0.524. The maximum Gasteiger partial charge on any atom is 0.257 e. The van der Waals surface area contributed by atoms with Gasteiger partial charge in [0.25, 0.3) is 11.9 Å². The van der Waals surface area contributed by atoms with Crippen molar-refractivity contribution in [1.82, 2.24) is 29.5 Å². The molecular formula is C22H28N6OS. The number of likely N-dealkylation sites (N-methyl/N-ethyl adjacent to an activating group) is 2. The van der Waals surface area contributed by atoms with Crippen LogP contribution in [0.15, 0.2) is 36.0 Å². The van der Waals surface area contributed by atoms with E-state index in [9.17, 15) is 4.79 Å². The highest BCUT2D eigenvalue weighted by Gasteiger charge is 2.34. The Morgan fingerprint density at radius 3 is 2.70 bits per heavy atom. The first-order valence-electron chi connectivity index (χ1n) is 10.5. The minimum absolute atomic E-state index is 0.0183. The molecule has 1 aliphatic carbocycles. The third-order valence-electron chi connectivity index (χ3n) is 5.60. The third-order valence-corrected chi connectivity index (χ3v) is 6.49. The van der Waals surface area contributed by atoms with E-state index in [1.165, 1.54) is 0 Å². The van der Waals surface area contributed by atoms with Crippen molar-refractivity contribution in [3.8, 4) is 16.5 Å². The van der Waals surface area contributed by atoms with Gasteiger partial charge in [-0.2, -0.15) is 5.10 Å². The Morgan fingerprint density at radius 2 is 2.03 bits per heavy atom. The van der Waals surface area contributed by atoms with E-state index in [2.05, 4.69) is 28.8 Å². The second kappa shape index (κ2) is 9.06. The Bertz CT molecular complexity index is 991. The molecule has 1 aliphatic rings. The van der Waals surface area contributed by atoms with Crippen LogP contribution in [0.25, 0.3) is 16.5 Å². The number of carbonyl (C=O) groups is 1. The van der Waals surface area contributed by atoms with E-state index in [1.807, 2.05) is 30.6 Å². The fourth-order valence-electron chi connectivity index (χ4n) is 3.58. The van der Waals surface area contributed by atoms with Crippen molar-refractivity contribution < 1.29 is 4.79 Å². The molecule has 3 heterocycles. The number of hydrogen-bond donors (Lipinski definition) is 0. The van der Waals surface area contributed by atoms with Gasteiger partial charge >= 0.3 is 0 Å². The number of amides is 1. The summed E-state index contributed by atoms with van der Waals surface area (Å²) in [5.74, 6) is 0.883. The largest absolute Gasteiger partial charge is 0.340 e. The van der Waals surface area contributed by atoms with E-state index >= 15 is 0 Å². The third kappa shape index (κ3) is 4.29. The van der Waals surface area contributed by atoms with Crippen molar-refractivity contribution in [2.75, 3.05) is 33.2 Å². The van der Waals surface area contributed by atoms with Crippen LogP contribution in [-0.2, 0) is 0 Å². The molecule has 0 saturated heterocycles. The summed E-state index contributed by atoms with van der Waals surface area (Å²) < 4.78 is 1.76. The van der Waals surface area contributed by atoms with Crippen molar-refractivity contribution in [2.24, 2.45) is 0 Å². The molecule has 1 saturated carbocycles. The van der Waals surface area contributed by atoms with Crippen LogP contribution in [0.3, 0.4) is 0 Å². The van der Waals surface area contributed by atoms with Crippen LogP contribution in [0, 0.1) is 0 Å². The fraction of sp³-hybridized carbons (Fsp3) is 0.455. The Balaban J connectivity index is 1.60. The molecule has 0 bridgehead atoms. The average Bonchev–Trinajstić information content (AvgIpc) is 3.28. The van der Waals surface area contributed by atoms with Crippen molar-refractivity contribution >= 4 is 17.2 Å². The van der Waals surface area contributed by atoms with E-state index in [1.54, 1.807) is 33.3 Å². The van der Waals surface area contributed by atoms with E-state index < -0.39 is 0 Å². The number of aromatic nitrogens is 4. The average molecular weight is 425 g/mol. The first-order valence-corrected chi connectivity index (χ1v) is 11.4. The zero-order chi connectivity index (χ0) is 21.1. The number of carbonyl (C=O) groups excluding carboxylic acids is 1. The van der Waals surface area contributed by atoms with Gasteiger partial charge in [-0.3, -0.25) is 4.79 Å². The van der Waals surface area contributed by atoms with Crippen molar-refractivity contribution in [3.63, 3.8) is 0 Å². The Kier molecular flexibility index (Phi) is 6.24. The smallest absolute Gasteiger partial charge is 0.257 e. The second-order valence-corrected chi connectivity index (χ2v) is 8.55. The number of rotatable bonds is 9. The summed E-state index contributed by atoms with van der Waals surface area (Å²) in [5, 5.41) is 6.57. The summed E-state index contributed by atoms with van der Waals surface area (Å²) in [6, 6.07) is 5.96. The molecule has 0 radical (unpaired) electrons. The highest BCUT2D eigenvalue weighted by Crippen LogP contribution is 2.42. The predicted molar refractivity (Wildman–Crippen MR) is 119 cm³/mol. The van der Waals surface area contributed by atoms with Crippen molar-refractivity contribution in [3.05, 3.63) is 47.2 Å². The SMILES string of the molecule is CCN(CC)CCN(C)C(=O)c1cnn(-c2nccc(-c3cccs3)n2)c1C1CC1. The molecule has 3 aromatic heterocycles. The molecule has 7 nitrogen and oxygen atoms in total. The molecule has 0 aliphatic heterocycles. The lowest BCUT2D eigenvalue weighted by molar-refractivity contribution is 0.0778. The minimum Gasteiger partial charge on any atom is -0.340 e. The lowest BCUT2D eigenvalue weighted by atomic mass is 10.1. The molecule has 0 aromatic carbocycles. The van der Waals surface area contributed by atoms with Gasteiger partial charge in [0.1, 0.15) is 0 Å². The zero-order valence-electron chi connectivity index (χ0n) is 17.8. The molecule has 3 aromatic rings. The monoisotopic (exact) mass is 424 g/mol. The molecule has 0 N–H and O–H groups in total. The minimum atomic E-state index is 0.0183. The number of nitrogens with zero attached hydrogens (tertiary/aromatic N) is 6. The highest BCUT2D eigenvalue weighted by molar-refractivity contribution is 7.13. The maximum atomic E-state index is 13.2. The molecule has 8 heteroatoms. The van der Waals surface area contributed by atoms with E-state index in [0.717, 1.165) is 48.7 Å². The maximum absolute atomic E-state index is 13.2. The van der Waals surface area contributed by atoms with E-state index in [0.29, 0.717) is 24.0 Å². The molecular weight excluding hydrogens is 396 g/mol. The molecule has 30 heavy (non-hydrogen) atoms. The van der Waals surface area contributed by atoms with Crippen molar-refractivity contribution in [1.29, 1.82) is 0 Å². The van der Waals surface area contributed by atoms with Gasteiger partial charge in [0, 0.05) is 32.3 Å². The molecule has 1 amide bonds. The van der Waals surface area contributed by atoms with Gasteiger partial charge in [-0.15, -0.1) is 11.3 Å². The van der Waals surface area contributed by atoms with E-state index in [4.69, 9.17) is 4.98 Å². The zero-order valence-corrected chi connectivity index (χ0v) is 18.6. The summed E-state index contributed by atoms with van der Waals surface area (Å²) in [6.45, 7) is 7.83. The summed E-state index contributed by atoms with van der Waals surface area (Å²) in [7, 11) is 1.87. The van der Waals surface area contributed by atoms with Crippen molar-refractivity contribution in [2.45, 2.75) is 32.6 Å². The summed E-state index contributed by atoms with van der Waals surface area (Å²) >= 11 is 1.64. The molecule has 0 atom stereocenters. The van der Waals surface area contributed by atoms with Crippen LogP contribution in [0.5, 0.6) is 0 Å². The van der Waals surface area contributed by atoms with Gasteiger partial charge in [-0.05, 0) is 43.4 Å². The van der Waals surface area contributed by atoms with Crippen LogP contribution < -0.4 is 0 Å². The topological polar surface area (TPSA) is 67.2 Å². The van der Waals surface area contributed by atoms with Gasteiger partial charge in [0.05, 0.1) is 28.0 Å². The first-order chi connectivity index (χ1) is 14.6. The van der Waals surface area contributed by atoms with Crippen LogP contribution in [0.4, 0.5) is 0 Å². The van der Waals surface area contributed by atoms with Gasteiger partial charge in [-0.25, -0.2) is 14.6 Å². The Labute approximate surface area is 181 Å². The summed E-state index contributed by atoms with van der Waals surface area (Å²) in [5.41, 5.74) is 2.49. The molecule has 158 valence electrons. The normalized spacial score (nSPS) is 13.7. The highest BCUT2D eigenvalue weighted by atomic mass is 32.1. The van der Waals surface area contributed by atoms with Gasteiger partial charge in [0.2, 0.25) is 0 Å². The standard InChI is InChI=1S/C22H28N6OS/c1-4-27(5-2)13-12-26(3)21(29)17-15-24-28(20(17)16-8-9-16)22-23-11-10-18(25-22)19-7-6-14-30-19/h6-7,10-11,14-16H,4-5,8-9,12-13H2,1-3H3. The number of thiophene rings is 1. The summed E-state index contributed by atoms with van der Waals surface area (Å²) in [6.07, 6.45) is 5.58. The molecule has 1 fully saturated rings. The predicted octanol–water partition coefficient (Wildman–Crippen LogP) is 3.68. The van der Waals surface area contributed by atoms with E-state index in [-0.39, 0.29) is 5.91 Å². The fourth-order valence-corrected chi connectivity index (χ4v) is 4.28. The lowest BCUT2D eigenvalue weighted by Crippen LogP contribution is -2.36. The van der Waals surface area contributed by atoms with Crippen LogP contribution in [-0.4, -0.2) is 68.7 Å². The van der Waals surface area contributed by atoms with Crippen LogP contribution in [0.1, 0.15) is 48.7 Å². The van der Waals surface area contributed by atoms with Gasteiger partial charge in [0.15, 0.2) is 0 Å². The van der Waals surface area contributed by atoms with Gasteiger partial charge < -0.3 is 9.80 Å². The molecule has 0 unspecified atom stereocenters. The van der Waals surface area contributed by atoms with Crippen LogP contribution in [0.2, 0.25) is 0 Å². The van der Waals surface area contributed by atoms with Crippen LogP contribution >= 0.6 is 11.3 Å². The first kappa shape index (κ1) is 20.7. The lowest BCUT2D eigenvalue weighted by Gasteiger charge is -2.23. The Hall–Kier alpha value is -2.58. The van der Waals surface area contributed by atoms with Gasteiger partial charge in [-0.1, -0.05) is 19.9 Å². The second-order valence-electron chi connectivity index (χ2n) is 7.60.